The third kappa shape index (κ3) is 0.702. The highest BCUT2D eigenvalue weighted by Crippen LogP contribution is 2.54. The van der Waals surface area contributed by atoms with Gasteiger partial charge < -0.3 is 0 Å². The molecule has 4 unspecified atom stereocenters. The summed E-state index contributed by atoms with van der Waals surface area (Å²) in [6.07, 6.45) is 3.28. The van der Waals surface area contributed by atoms with E-state index in [2.05, 4.69) is 6.92 Å². The molecule has 0 bridgehead atoms. The van der Waals surface area contributed by atoms with Gasteiger partial charge in [0.05, 0.1) is 0 Å². The molecule has 1 heteroatoms. The molecule has 0 aromatic heterocycles. The molecule has 0 aromatic rings. The normalized spacial score (nSPS) is 56.7. The Kier molecular flexibility index (Phi) is 1.08. The van der Waals surface area contributed by atoms with Crippen LogP contribution in [0, 0.1) is 17.8 Å². The van der Waals surface area contributed by atoms with Crippen LogP contribution < -0.4 is 0 Å². The zero-order chi connectivity index (χ0) is 6.43. The number of halogens is 1. The lowest BCUT2D eigenvalue weighted by Gasteiger charge is -2.14. The van der Waals surface area contributed by atoms with Gasteiger partial charge in [-0.1, -0.05) is 19.8 Å². The van der Waals surface area contributed by atoms with Crippen LogP contribution in [0.25, 0.3) is 0 Å². The molecule has 0 aromatic carbocycles. The lowest BCUT2D eigenvalue weighted by Crippen LogP contribution is -2.04. The second-order valence-corrected chi connectivity index (χ2v) is 3.59. The third-order valence-corrected chi connectivity index (χ3v) is 2.98. The molecule has 4 atom stereocenters. The number of hydrogen-bond donors (Lipinski definition) is 0. The Hall–Kier alpha value is -0.0700. The minimum atomic E-state index is -0.414. The molecule has 0 spiro atoms. The van der Waals surface area contributed by atoms with Gasteiger partial charge >= 0.3 is 0 Å². The highest BCUT2D eigenvalue weighted by molar-refractivity contribution is 5.02. The van der Waals surface area contributed by atoms with E-state index in [0.717, 1.165) is 6.42 Å². The molecule has 0 saturated heterocycles. The van der Waals surface area contributed by atoms with Crippen molar-refractivity contribution in [1.82, 2.24) is 0 Å². The SMILES string of the molecule is CC1CCCC2C(F)C12. The van der Waals surface area contributed by atoms with Gasteiger partial charge in [-0.15, -0.1) is 0 Å². The van der Waals surface area contributed by atoms with Gasteiger partial charge in [-0.3, -0.25) is 0 Å². The molecule has 9 heavy (non-hydrogen) atoms. The van der Waals surface area contributed by atoms with Crippen LogP contribution in [-0.2, 0) is 0 Å². The average molecular weight is 128 g/mol. The zero-order valence-corrected chi connectivity index (χ0v) is 5.81. The Morgan fingerprint density at radius 2 is 2.11 bits per heavy atom. The first kappa shape index (κ1) is 5.70. The standard InChI is InChI=1S/C8H13F/c1-5-3-2-4-6-7(5)8(6)9/h5-8H,2-4H2,1H3. The first-order chi connectivity index (χ1) is 4.30. The van der Waals surface area contributed by atoms with Crippen molar-refractivity contribution in [2.75, 3.05) is 0 Å². The summed E-state index contributed by atoms with van der Waals surface area (Å²) < 4.78 is 12.7. The summed E-state index contributed by atoms with van der Waals surface area (Å²) >= 11 is 0. The first-order valence-electron chi connectivity index (χ1n) is 3.95. The molecule has 0 radical (unpaired) electrons. The molecule has 2 aliphatic rings. The van der Waals surface area contributed by atoms with E-state index in [1.165, 1.54) is 12.8 Å². The molecule has 52 valence electrons. The van der Waals surface area contributed by atoms with Crippen LogP contribution in [0.3, 0.4) is 0 Å². The predicted octanol–water partition coefficient (Wildman–Crippen LogP) is 2.39. The minimum Gasteiger partial charge on any atom is -0.247 e. The Labute approximate surface area is 55.4 Å². The Morgan fingerprint density at radius 1 is 1.33 bits per heavy atom. The van der Waals surface area contributed by atoms with Crippen LogP contribution in [0.2, 0.25) is 0 Å². The van der Waals surface area contributed by atoms with Crippen molar-refractivity contribution in [2.45, 2.75) is 32.4 Å². The Morgan fingerprint density at radius 3 is 2.67 bits per heavy atom. The average Bonchev–Trinajstić information content (AvgIpc) is 2.45. The highest BCUT2D eigenvalue weighted by Gasteiger charge is 2.54. The molecule has 2 fully saturated rings. The van der Waals surface area contributed by atoms with Crippen LogP contribution in [0.1, 0.15) is 26.2 Å². The number of rotatable bonds is 0. The second kappa shape index (κ2) is 1.71. The fraction of sp³-hybridized carbons (Fsp3) is 1.00. The van der Waals surface area contributed by atoms with Crippen LogP contribution in [0.5, 0.6) is 0 Å². The van der Waals surface area contributed by atoms with Gasteiger partial charge in [-0.05, 0) is 24.2 Å². The number of fused-ring (bicyclic) bond motifs is 1. The summed E-state index contributed by atoms with van der Waals surface area (Å²) in [4.78, 5) is 0. The Bertz CT molecular complexity index is 116. The molecular weight excluding hydrogens is 115 g/mol. The summed E-state index contributed by atoms with van der Waals surface area (Å²) in [6, 6.07) is 0. The quantitative estimate of drug-likeness (QED) is 0.470. The van der Waals surface area contributed by atoms with Crippen LogP contribution in [-0.4, -0.2) is 6.17 Å². The molecular formula is C8H13F. The van der Waals surface area contributed by atoms with Crippen LogP contribution in [0.4, 0.5) is 4.39 Å². The van der Waals surface area contributed by atoms with E-state index in [-0.39, 0.29) is 0 Å². The van der Waals surface area contributed by atoms with Gasteiger partial charge in [0, 0.05) is 0 Å². The monoisotopic (exact) mass is 128 g/mol. The Balaban J connectivity index is 2.02. The summed E-state index contributed by atoms with van der Waals surface area (Å²) in [5.74, 6) is 1.63. The van der Waals surface area contributed by atoms with Gasteiger partial charge in [-0.2, -0.15) is 0 Å². The van der Waals surface area contributed by atoms with E-state index in [1.807, 2.05) is 0 Å². The van der Waals surface area contributed by atoms with Crippen molar-refractivity contribution in [1.29, 1.82) is 0 Å². The summed E-state index contributed by atoms with van der Waals surface area (Å²) in [6.45, 7) is 2.19. The van der Waals surface area contributed by atoms with Crippen LogP contribution >= 0.6 is 0 Å². The maximum absolute atomic E-state index is 12.7. The van der Waals surface area contributed by atoms with Crippen molar-refractivity contribution in [2.24, 2.45) is 17.8 Å². The van der Waals surface area contributed by atoms with E-state index in [9.17, 15) is 4.39 Å². The van der Waals surface area contributed by atoms with E-state index in [1.54, 1.807) is 0 Å². The predicted molar refractivity (Wildman–Crippen MR) is 34.9 cm³/mol. The highest BCUT2D eigenvalue weighted by atomic mass is 19.1. The van der Waals surface area contributed by atoms with Crippen molar-refractivity contribution in [3.05, 3.63) is 0 Å². The molecule has 0 heterocycles. The topological polar surface area (TPSA) is 0 Å². The zero-order valence-electron chi connectivity index (χ0n) is 5.81. The van der Waals surface area contributed by atoms with E-state index < -0.39 is 6.17 Å². The van der Waals surface area contributed by atoms with Gasteiger partial charge in [0.1, 0.15) is 6.17 Å². The molecule has 2 rings (SSSR count). The number of hydrogen-bond acceptors (Lipinski definition) is 0. The van der Waals surface area contributed by atoms with E-state index in [4.69, 9.17) is 0 Å². The van der Waals surface area contributed by atoms with Crippen molar-refractivity contribution in [3.63, 3.8) is 0 Å². The molecule has 2 saturated carbocycles. The third-order valence-electron chi connectivity index (χ3n) is 2.98. The van der Waals surface area contributed by atoms with Gasteiger partial charge in [0.25, 0.3) is 0 Å². The van der Waals surface area contributed by atoms with Gasteiger partial charge in [0.15, 0.2) is 0 Å². The van der Waals surface area contributed by atoms with E-state index in [0.29, 0.717) is 17.8 Å². The lowest BCUT2D eigenvalue weighted by atomic mass is 9.91. The maximum atomic E-state index is 12.7. The minimum absolute atomic E-state index is 0.414. The molecule has 0 nitrogen and oxygen atoms in total. The molecule has 0 N–H and O–H groups in total. The van der Waals surface area contributed by atoms with Crippen molar-refractivity contribution in [3.8, 4) is 0 Å². The van der Waals surface area contributed by atoms with Crippen LogP contribution in [0.15, 0.2) is 0 Å². The summed E-state index contributed by atoms with van der Waals surface area (Å²) in [5, 5.41) is 0. The summed E-state index contributed by atoms with van der Waals surface area (Å²) in [7, 11) is 0. The largest absolute Gasteiger partial charge is 0.247 e. The smallest absolute Gasteiger partial charge is 0.107 e. The number of alkyl halides is 1. The summed E-state index contributed by atoms with van der Waals surface area (Å²) in [5.41, 5.74) is 0. The van der Waals surface area contributed by atoms with Gasteiger partial charge in [-0.25, -0.2) is 4.39 Å². The molecule has 2 aliphatic carbocycles. The second-order valence-electron chi connectivity index (χ2n) is 3.59. The molecule has 0 aliphatic heterocycles. The fourth-order valence-electron chi connectivity index (χ4n) is 2.31. The van der Waals surface area contributed by atoms with Crippen molar-refractivity contribution >= 4 is 0 Å². The first-order valence-corrected chi connectivity index (χ1v) is 3.95. The van der Waals surface area contributed by atoms with E-state index >= 15 is 0 Å². The van der Waals surface area contributed by atoms with Gasteiger partial charge in [0.2, 0.25) is 0 Å². The fourth-order valence-corrected chi connectivity index (χ4v) is 2.31. The molecule has 0 amide bonds. The van der Waals surface area contributed by atoms with Crippen molar-refractivity contribution < 1.29 is 4.39 Å². The lowest BCUT2D eigenvalue weighted by molar-refractivity contribution is 0.351. The maximum Gasteiger partial charge on any atom is 0.107 e.